The van der Waals surface area contributed by atoms with Crippen LogP contribution in [0.4, 0.5) is 0 Å². The number of hydrogen-bond donors (Lipinski definition) is 2. The van der Waals surface area contributed by atoms with Crippen LogP contribution in [0.1, 0.15) is 46.0 Å². The van der Waals surface area contributed by atoms with Gasteiger partial charge in [-0.05, 0) is 32.6 Å². The molecule has 0 aromatic rings. The molecule has 4 heteroatoms. The second-order valence-corrected chi connectivity index (χ2v) is 5.04. The highest BCUT2D eigenvalue weighted by Crippen LogP contribution is 2.22. The van der Waals surface area contributed by atoms with Crippen molar-refractivity contribution in [2.24, 2.45) is 11.7 Å². The van der Waals surface area contributed by atoms with Gasteiger partial charge in [0.05, 0.1) is 6.10 Å². The summed E-state index contributed by atoms with van der Waals surface area (Å²) in [7, 11) is 0. The zero-order valence-corrected chi connectivity index (χ0v) is 11.1. The third-order valence-corrected chi connectivity index (χ3v) is 3.37. The standard InChI is InChI=1S/C13H26N2O2/c1-3-12-11(7-8-17-12)9-15-13(16)6-4-5-10(2)14/h10-12H,3-9,14H2,1-2H3,(H,15,16). The lowest BCUT2D eigenvalue weighted by molar-refractivity contribution is -0.121. The molecule has 0 radical (unpaired) electrons. The van der Waals surface area contributed by atoms with Gasteiger partial charge in [0, 0.05) is 31.5 Å². The molecule has 3 unspecified atom stereocenters. The van der Waals surface area contributed by atoms with Gasteiger partial charge >= 0.3 is 0 Å². The Labute approximate surface area is 104 Å². The number of carbonyl (C=O) groups is 1. The van der Waals surface area contributed by atoms with E-state index in [4.69, 9.17) is 10.5 Å². The minimum Gasteiger partial charge on any atom is -0.378 e. The average Bonchev–Trinajstić information content (AvgIpc) is 2.73. The van der Waals surface area contributed by atoms with E-state index in [-0.39, 0.29) is 11.9 Å². The molecule has 1 heterocycles. The Hall–Kier alpha value is -0.610. The summed E-state index contributed by atoms with van der Waals surface area (Å²) < 4.78 is 5.59. The van der Waals surface area contributed by atoms with Gasteiger partial charge < -0.3 is 15.8 Å². The molecule has 0 aromatic carbocycles. The fraction of sp³-hybridized carbons (Fsp3) is 0.923. The Morgan fingerprint density at radius 2 is 2.35 bits per heavy atom. The van der Waals surface area contributed by atoms with Gasteiger partial charge in [-0.25, -0.2) is 0 Å². The van der Waals surface area contributed by atoms with Crippen molar-refractivity contribution in [2.75, 3.05) is 13.2 Å². The first-order chi connectivity index (χ1) is 8.13. The van der Waals surface area contributed by atoms with Crippen molar-refractivity contribution in [3.63, 3.8) is 0 Å². The predicted octanol–water partition coefficient (Wildman–Crippen LogP) is 1.44. The van der Waals surface area contributed by atoms with Crippen molar-refractivity contribution < 1.29 is 9.53 Å². The maximum Gasteiger partial charge on any atom is 0.220 e. The van der Waals surface area contributed by atoms with Crippen LogP contribution < -0.4 is 11.1 Å². The molecule has 3 N–H and O–H groups in total. The minimum absolute atomic E-state index is 0.146. The lowest BCUT2D eigenvalue weighted by Crippen LogP contribution is -2.32. The van der Waals surface area contributed by atoms with E-state index in [0.29, 0.717) is 18.4 Å². The van der Waals surface area contributed by atoms with Crippen molar-refractivity contribution >= 4 is 5.91 Å². The largest absolute Gasteiger partial charge is 0.378 e. The summed E-state index contributed by atoms with van der Waals surface area (Å²) in [5.41, 5.74) is 5.64. The first-order valence-electron chi connectivity index (χ1n) is 6.77. The zero-order valence-electron chi connectivity index (χ0n) is 11.1. The van der Waals surface area contributed by atoms with Gasteiger partial charge in [0.2, 0.25) is 5.91 Å². The second kappa shape index (κ2) is 7.67. The Bertz CT molecular complexity index is 231. The maximum atomic E-state index is 11.6. The van der Waals surface area contributed by atoms with Crippen LogP contribution in [0, 0.1) is 5.92 Å². The number of rotatable bonds is 7. The molecule has 0 aliphatic carbocycles. The number of ether oxygens (including phenoxy) is 1. The van der Waals surface area contributed by atoms with Crippen molar-refractivity contribution in [3.8, 4) is 0 Å². The molecule has 1 aliphatic rings. The number of carbonyl (C=O) groups excluding carboxylic acids is 1. The molecule has 0 spiro atoms. The topological polar surface area (TPSA) is 64.3 Å². The van der Waals surface area contributed by atoms with Crippen LogP contribution in [0.5, 0.6) is 0 Å². The molecule has 1 aliphatic heterocycles. The molecular formula is C13H26N2O2. The van der Waals surface area contributed by atoms with E-state index in [9.17, 15) is 4.79 Å². The third kappa shape index (κ3) is 5.50. The minimum atomic E-state index is 0.146. The van der Waals surface area contributed by atoms with Crippen LogP contribution in [0.2, 0.25) is 0 Å². The van der Waals surface area contributed by atoms with Gasteiger partial charge in [-0.2, -0.15) is 0 Å². The summed E-state index contributed by atoms with van der Waals surface area (Å²) in [5, 5.41) is 3.00. The van der Waals surface area contributed by atoms with Crippen LogP contribution in [-0.2, 0) is 9.53 Å². The van der Waals surface area contributed by atoms with E-state index < -0.39 is 0 Å². The van der Waals surface area contributed by atoms with Gasteiger partial charge in [-0.3, -0.25) is 4.79 Å². The Balaban J connectivity index is 2.10. The number of nitrogens with two attached hydrogens (primary N) is 1. The summed E-state index contributed by atoms with van der Waals surface area (Å²) in [6.45, 7) is 5.70. The highest BCUT2D eigenvalue weighted by atomic mass is 16.5. The summed E-state index contributed by atoms with van der Waals surface area (Å²) in [6.07, 6.45) is 4.81. The Morgan fingerprint density at radius 3 is 3.00 bits per heavy atom. The van der Waals surface area contributed by atoms with Crippen LogP contribution >= 0.6 is 0 Å². The first kappa shape index (κ1) is 14.5. The molecule has 1 saturated heterocycles. The Kier molecular flexibility index (Phi) is 6.52. The summed E-state index contributed by atoms with van der Waals surface area (Å²) in [6, 6.07) is 0.190. The van der Waals surface area contributed by atoms with Gasteiger partial charge in [0.15, 0.2) is 0 Å². The maximum absolute atomic E-state index is 11.6. The molecule has 4 nitrogen and oxygen atoms in total. The van der Waals surface area contributed by atoms with Crippen molar-refractivity contribution in [2.45, 2.75) is 58.1 Å². The second-order valence-electron chi connectivity index (χ2n) is 5.04. The first-order valence-corrected chi connectivity index (χ1v) is 6.77. The van der Waals surface area contributed by atoms with Gasteiger partial charge in [-0.15, -0.1) is 0 Å². The van der Waals surface area contributed by atoms with Crippen LogP contribution in [0.3, 0.4) is 0 Å². The molecule has 1 fully saturated rings. The third-order valence-electron chi connectivity index (χ3n) is 3.37. The zero-order chi connectivity index (χ0) is 12.7. The fourth-order valence-corrected chi connectivity index (χ4v) is 2.30. The molecule has 17 heavy (non-hydrogen) atoms. The van der Waals surface area contributed by atoms with Crippen LogP contribution in [-0.4, -0.2) is 31.2 Å². The monoisotopic (exact) mass is 242 g/mol. The van der Waals surface area contributed by atoms with Gasteiger partial charge in [0.25, 0.3) is 0 Å². The highest BCUT2D eigenvalue weighted by molar-refractivity contribution is 5.75. The molecule has 0 aromatic heterocycles. The van der Waals surface area contributed by atoms with Crippen molar-refractivity contribution in [1.82, 2.24) is 5.32 Å². The SMILES string of the molecule is CCC1OCCC1CNC(=O)CCCC(C)N. The normalized spacial score (nSPS) is 25.8. The van der Waals surface area contributed by atoms with E-state index in [1.807, 2.05) is 6.92 Å². The van der Waals surface area contributed by atoms with E-state index >= 15 is 0 Å². The number of hydrogen-bond acceptors (Lipinski definition) is 3. The van der Waals surface area contributed by atoms with Gasteiger partial charge in [-0.1, -0.05) is 6.92 Å². The van der Waals surface area contributed by atoms with E-state index in [1.54, 1.807) is 0 Å². The summed E-state index contributed by atoms with van der Waals surface area (Å²) >= 11 is 0. The number of nitrogens with one attached hydrogen (secondary N) is 1. The van der Waals surface area contributed by atoms with Gasteiger partial charge in [0.1, 0.15) is 0 Å². The number of amides is 1. The smallest absolute Gasteiger partial charge is 0.220 e. The van der Waals surface area contributed by atoms with E-state index in [0.717, 1.165) is 38.8 Å². The van der Waals surface area contributed by atoms with E-state index in [1.165, 1.54) is 0 Å². The quantitative estimate of drug-likeness (QED) is 0.710. The lowest BCUT2D eigenvalue weighted by atomic mass is 9.99. The van der Waals surface area contributed by atoms with Crippen molar-refractivity contribution in [3.05, 3.63) is 0 Å². The average molecular weight is 242 g/mol. The molecule has 0 saturated carbocycles. The molecule has 100 valence electrons. The van der Waals surface area contributed by atoms with Crippen LogP contribution in [0.25, 0.3) is 0 Å². The molecule has 0 bridgehead atoms. The lowest BCUT2D eigenvalue weighted by Gasteiger charge is -2.17. The molecule has 1 amide bonds. The van der Waals surface area contributed by atoms with Crippen LogP contribution in [0.15, 0.2) is 0 Å². The predicted molar refractivity (Wildman–Crippen MR) is 68.6 cm³/mol. The van der Waals surface area contributed by atoms with Crippen molar-refractivity contribution in [1.29, 1.82) is 0 Å². The summed E-state index contributed by atoms with van der Waals surface area (Å²) in [5.74, 6) is 0.643. The molecule has 3 atom stereocenters. The highest BCUT2D eigenvalue weighted by Gasteiger charge is 2.26. The fourth-order valence-electron chi connectivity index (χ4n) is 2.30. The molecular weight excluding hydrogens is 216 g/mol. The van der Waals surface area contributed by atoms with E-state index in [2.05, 4.69) is 12.2 Å². The Morgan fingerprint density at radius 1 is 1.59 bits per heavy atom. The molecule has 1 rings (SSSR count). The summed E-state index contributed by atoms with van der Waals surface area (Å²) in [4.78, 5) is 11.6.